The Labute approximate surface area is 140 Å². The average molecular weight is 327 g/mol. The van der Waals surface area contributed by atoms with Crippen LogP contribution in [0.2, 0.25) is 0 Å². The Morgan fingerprint density at radius 3 is 2.62 bits per heavy atom. The molecule has 0 unspecified atom stereocenters. The number of ether oxygens (including phenoxy) is 1. The number of aromatic nitrogens is 2. The third kappa shape index (κ3) is 3.18. The fourth-order valence-corrected chi connectivity index (χ4v) is 3.41. The summed E-state index contributed by atoms with van der Waals surface area (Å²) in [5.74, 6) is 0.432. The Morgan fingerprint density at radius 2 is 2.00 bits per heavy atom. The Bertz CT molecular complexity index is 762. The van der Waals surface area contributed by atoms with Crippen LogP contribution in [0.3, 0.4) is 0 Å². The minimum atomic E-state index is -0.424. The predicted molar refractivity (Wildman–Crippen MR) is 90.3 cm³/mol. The van der Waals surface area contributed by atoms with Gasteiger partial charge in [0.25, 0.3) is 11.5 Å². The maximum Gasteiger partial charge on any atom is 0.263 e. The van der Waals surface area contributed by atoms with Crippen molar-refractivity contribution in [2.24, 2.45) is 0 Å². The summed E-state index contributed by atoms with van der Waals surface area (Å²) in [6.45, 7) is 0.506. The van der Waals surface area contributed by atoms with Crippen LogP contribution in [0.15, 0.2) is 41.6 Å². The van der Waals surface area contributed by atoms with Gasteiger partial charge in [-0.25, -0.2) is 4.98 Å². The van der Waals surface area contributed by atoms with Crippen LogP contribution in [-0.4, -0.2) is 29.5 Å². The van der Waals surface area contributed by atoms with Crippen LogP contribution >= 0.6 is 0 Å². The lowest BCUT2D eigenvalue weighted by molar-refractivity contribution is 0.0941. The Morgan fingerprint density at radius 1 is 1.29 bits per heavy atom. The van der Waals surface area contributed by atoms with Crippen molar-refractivity contribution < 1.29 is 9.53 Å². The average Bonchev–Trinajstić information content (AvgIpc) is 3.10. The molecule has 1 aromatic carbocycles. The fraction of sp³-hybridized carbons (Fsp3) is 0.389. The SMILES string of the molecule is COc1ccc(C2(CNC(=O)c3cnc[nH]c3=O)CCCC2)cc1. The number of aromatic amines is 1. The maximum atomic E-state index is 12.3. The number of carbonyl (C=O) groups is 1. The van der Waals surface area contributed by atoms with E-state index in [4.69, 9.17) is 4.74 Å². The normalized spacial score (nSPS) is 15.9. The maximum absolute atomic E-state index is 12.3. The van der Waals surface area contributed by atoms with Crippen LogP contribution in [-0.2, 0) is 5.41 Å². The number of rotatable bonds is 5. The first kappa shape index (κ1) is 16.2. The highest BCUT2D eigenvalue weighted by atomic mass is 16.5. The van der Waals surface area contributed by atoms with Crippen LogP contribution in [0.25, 0.3) is 0 Å². The summed E-state index contributed by atoms with van der Waals surface area (Å²) < 4.78 is 5.22. The zero-order valence-electron chi connectivity index (χ0n) is 13.7. The minimum Gasteiger partial charge on any atom is -0.497 e. The first-order valence-electron chi connectivity index (χ1n) is 8.10. The summed E-state index contributed by atoms with van der Waals surface area (Å²) in [7, 11) is 1.64. The second-order valence-electron chi connectivity index (χ2n) is 6.19. The summed E-state index contributed by atoms with van der Waals surface area (Å²) >= 11 is 0. The van der Waals surface area contributed by atoms with Crippen molar-refractivity contribution in [1.82, 2.24) is 15.3 Å². The highest BCUT2D eigenvalue weighted by molar-refractivity contribution is 5.93. The van der Waals surface area contributed by atoms with Gasteiger partial charge < -0.3 is 15.0 Å². The molecule has 6 heteroatoms. The van der Waals surface area contributed by atoms with Gasteiger partial charge in [0.1, 0.15) is 11.3 Å². The molecule has 24 heavy (non-hydrogen) atoms. The van der Waals surface area contributed by atoms with Crippen LogP contribution in [0, 0.1) is 0 Å². The molecule has 3 rings (SSSR count). The van der Waals surface area contributed by atoms with Gasteiger partial charge in [0.15, 0.2) is 0 Å². The minimum absolute atomic E-state index is 0.0420. The summed E-state index contributed by atoms with van der Waals surface area (Å²) in [5, 5.41) is 2.92. The van der Waals surface area contributed by atoms with Crippen LogP contribution in [0.1, 0.15) is 41.6 Å². The van der Waals surface area contributed by atoms with E-state index < -0.39 is 5.56 Å². The molecule has 2 N–H and O–H groups in total. The number of nitrogens with one attached hydrogen (secondary N) is 2. The topological polar surface area (TPSA) is 84.1 Å². The molecule has 1 aliphatic rings. The van der Waals surface area contributed by atoms with Crippen molar-refractivity contribution in [1.29, 1.82) is 0 Å². The van der Waals surface area contributed by atoms with Gasteiger partial charge in [-0.05, 0) is 30.5 Å². The standard InChI is InChI=1S/C18H21N3O3/c1-24-14-6-4-13(5-7-14)18(8-2-3-9-18)11-20-16(22)15-10-19-12-21-17(15)23/h4-7,10,12H,2-3,8-9,11H2,1H3,(H,20,22)(H,19,21,23). The first-order valence-corrected chi connectivity index (χ1v) is 8.10. The number of H-pyrrole nitrogens is 1. The van der Waals surface area contributed by atoms with Crippen molar-refractivity contribution in [3.63, 3.8) is 0 Å². The number of methoxy groups -OCH3 is 1. The van der Waals surface area contributed by atoms with Crippen molar-refractivity contribution in [2.75, 3.05) is 13.7 Å². The molecule has 126 valence electrons. The van der Waals surface area contributed by atoms with Gasteiger partial charge in [0, 0.05) is 18.2 Å². The fourth-order valence-electron chi connectivity index (χ4n) is 3.41. The Hall–Kier alpha value is -2.63. The highest BCUT2D eigenvalue weighted by Crippen LogP contribution is 2.41. The Kier molecular flexibility index (Phi) is 4.64. The van der Waals surface area contributed by atoms with Crippen LogP contribution < -0.4 is 15.6 Å². The molecule has 0 bridgehead atoms. The lowest BCUT2D eigenvalue weighted by Gasteiger charge is -2.30. The van der Waals surface area contributed by atoms with Gasteiger partial charge in [-0.15, -0.1) is 0 Å². The highest BCUT2D eigenvalue weighted by Gasteiger charge is 2.36. The summed E-state index contributed by atoms with van der Waals surface area (Å²) in [4.78, 5) is 30.2. The lowest BCUT2D eigenvalue weighted by Crippen LogP contribution is -2.40. The first-order chi connectivity index (χ1) is 11.6. The van der Waals surface area contributed by atoms with E-state index in [9.17, 15) is 9.59 Å². The van der Waals surface area contributed by atoms with E-state index in [0.717, 1.165) is 31.4 Å². The smallest absolute Gasteiger partial charge is 0.263 e. The number of amides is 1. The molecule has 1 saturated carbocycles. The summed E-state index contributed by atoms with van der Waals surface area (Å²) in [6, 6.07) is 8.02. The van der Waals surface area contributed by atoms with E-state index in [0.29, 0.717) is 6.54 Å². The monoisotopic (exact) mass is 327 g/mol. The number of nitrogens with zero attached hydrogens (tertiary/aromatic N) is 1. The van der Waals surface area contributed by atoms with E-state index in [1.807, 2.05) is 12.1 Å². The van der Waals surface area contributed by atoms with Crippen LogP contribution in [0.5, 0.6) is 5.75 Å². The van der Waals surface area contributed by atoms with Gasteiger partial charge in [0.05, 0.1) is 13.4 Å². The molecule has 6 nitrogen and oxygen atoms in total. The number of hydrogen-bond donors (Lipinski definition) is 2. The molecule has 2 aromatic rings. The zero-order chi connectivity index (χ0) is 17.0. The molecule has 0 aliphatic heterocycles. The van der Waals surface area contributed by atoms with Gasteiger partial charge in [-0.1, -0.05) is 25.0 Å². The van der Waals surface area contributed by atoms with E-state index >= 15 is 0 Å². The molecule has 0 radical (unpaired) electrons. The number of carbonyl (C=O) groups excluding carboxylic acids is 1. The van der Waals surface area contributed by atoms with Crippen molar-refractivity contribution in [3.05, 3.63) is 58.3 Å². The summed E-state index contributed by atoms with van der Waals surface area (Å²) in [5.41, 5.74) is 0.727. The van der Waals surface area contributed by atoms with Crippen molar-refractivity contribution in [2.45, 2.75) is 31.1 Å². The van der Waals surface area contributed by atoms with Crippen LogP contribution in [0.4, 0.5) is 0 Å². The van der Waals surface area contributed by atoms with Gasteiger partial charge >= 0.3 is 0 Å². The molecular formula is C18H21N3O3. The molecular weight excluding hydrogens is 306 g/mol. The molecule has 0 atom stereocenters. The summed E-state index contributed by atoms with van der Waals surface area (Å²) in [6.07, 6.45) is 6.87. The van der Waals surface area contributed by atoms with Gasteiger partial charge in [-0.2, -0.15) is 0 Å². The third-order valence-electron chi connectivity index (χ3n) is 4.81. The van der Waals surface area contributed by atoms with E-state index in [2.05, 4.69) is 27.4 Å². The zero-order valence-corrected chi connectivity index (χ0v) is 13.7. The molecule has 0 saturated heterocycles. The molecule has 1 heterocycles. The molecule has 1 fully saturated rings. The molecule has 1 amide bonds. The Balaban J connectivity index is 1.78. The second kappa shape index (κ2) is 6.86. The molecule has 1 aliphatic carbocycles. The quantitative estimate of drug-likeness (QED) is 0.880. The van der Waals surface area contributed by atoms with Crippen molar-refractivity contribution in [3.8, 4) is 5.75 Å². The van der Waals surface area contributed by atoms with E-state index in [1.54, 1.807) is 7.11 Å². The number of hydrogen-bond acceptors (Lipinski definition) is 4. The van der Waals surface area contributed by atoms with Gasteiger partial charge in [0.2, 0.25) is 0 Å². The molecule has 0 spiro atoms. The predicted octanol–water partition coefficient (Wildman–Crippen LogP) is 2.02. The number of benzene rings is 1. The molecule has 1 aromatic heterocycles. The van der Waals surface area contributed by atoms with Crippen molar-refractivity contribution >= 4 is 5.91 Å². The van der Waals surface area contributed by atoms with E-state index in [1.165, 1.54) is 18.1 Å². The largest absolute Gasteiger partial charge is 0.497 e. The second-order valence-corrected chi connectivity index (χ2v) is 6.19. The third-order valence-corrected chi connectivity index (χ3v) is 4.81. The lowest BCUT2D eigenvalue weighted by atomic mass is 9.78. The van der Waals surface area contributed by atoms with Gasteiger partial charge in [-0.3, -0.25) is 9.59 Å². The van der Waals surface area contributed by atoms with E-state index in [-0.39, 0.29) is 16.9 Å².